The largest absolute Gasteiger partial charge is 0.493 e. The Kier molecular flexibility index (Phi) is 5.73. The molecule has 148 valence electrons. The Labute approximate surface area is 164 Å². The highest BCUT2D eigenvalue weighted by Crippen LogP contribution is 2.40. The van der Waals surface area contributed by atoms with Crippen LogP contribution in [-0.4, -0.2) is 50.6 Å². The molecule has 0 aliphatic carbocycles. The predicted octanol–water partition coefficient (Wildman–Crippen LogP) is 2.79. The van der Waals surface area contributed by atoms with Crippen LogP contribution < -0.4 is 19.5 Å². The number of hydrogen-bond acceptors (Lipinski definition) is 5. The van der Waals surface area contributed by atoms with Gasteiger partial charge in [0.15, 0.2) is 11.5 Å². The summed E-state index contributed by atoms with van der Waals surface area (Å²) in [5, 5.41) is 2.86. The van der Waals surface area contributed by atoms with Crippen LogP contribution in [0.1, 0.15) is 21.5 Å². The van der Waals surface area contributed by atoms with Crippen LogP contribution in [0.5, 0.6) is 17.2 Å². The molecule has 28 heavy (non-hydrogen) atoms. The SMILES string of the molecule is COc1cc(C(=O)N(C)CC(=O)Nc2cccc(C)c2C)cc2c1OCCO2. The molecule has 1 aliphatic heterocycles. The fourth-order valence-electron chi connectivity index (χ4n) is 2.98. The zero-order chi connectivity index (χ0) is 20.3. The summed E-state index contributed by atoms with van der Waals surface area (Å²) in [5.74, 6) is 0.789. The molecule has 0 unspecified atom stereocenters. The number of anilines is 1. The third kappa shape index (κ3) is 4.03. The molecular formula is C21H24N2O5. The molecule has 1 heterocycles. The van der Waals surface area contributed by atoms with Crippen LogP contribution in [0.4, 0.5) is 5.69 Å². The van der Waals surface area contributed by atoms with Gasteiger partial charge in [0.25, 0.3) is 5.91 Å². The molecule has 0 aromatic heterocycles. The van der Waals surface area contributed by atoms with Crippen molar-refractivity contribution in [3.63, 3.8) is 0 Å². The van der Waals surface area contributed by atoms with E-state index in [9.17, 15) is 9.59 Å². The predicted molar refractivity (Wildman–Crippen MR) is 105 cm³/mol. The zero-order valence-corrected chi connectivity index (χ0v) is 16.5. The lowest BCUT2D eigenvalue weighted by Crippen LogP contribution is -2.35. The lowest BCUT2D eigenvalue weighted by Gasteiger charge is -2.23. The number of aryl methyl sites for hydroxylation is 1. The van der Waals surface area contributed by atoms with E-state index in [0.717, 1.165) is 16.8 Å². The molecule has 0 saturated carbocycles. The van der Waals surface area contributed by atoms with Crippen molar-refractivity contribution in [2.75, 3.05) is 39.2 Å². The Morgan fingerprint density at radius 1 is 1.18 bits per heavy atom. The topological polar surface area (TPSA) is 77.1 Å². The number of rotatable bonds is 5. The molecule has 0 bridgehead atoms. The van der Waals surface area contributed by atoms with E-state index in [0.29, 0.717) is 36.0 Å². The minimum Gasteiger partial charge on any atom is -0.493 e. The van der Waals surface area contributed by atoms with Crippen LogP contribution >= 0.6 is 0 Å². The first-order chi connectivity index (χ1) is 13.4. The number of ether oxygens (including phenoxy) is 3. The zero-order valence-electron chi connectivity index (χ0n) is 16.5. The fourth-order valence-corrected chi connectivity index (χ4v) is 2.98. The standard InChI is InChI=1S/C21H24N2O5/c1-13-6-5-7-16(14(13)2)22-19(24)12-23(3)21(25)15-10-17(26-4)20-18(11-15)27-8-9-28-20/h5-7,10-11H,8-9,12H2,1-4H3,(H,22,24). The number of nitrogens with one attached hydrogen (secondary N) is 1. The van der Waals surface area contributed by atoms with Crippen molar-refractivity contribution in [1.29, 1.82) is 0 Å². The first kappa shape index (κ1) is 19.5. The molecule has 2 amide bonds. The molecule has 7 nitrogen and oxygen atoms in total. The van der Waals surface area contributed by atoms with Gasteiger partial charge in [0.05, 0.1) is 13.7 Å². The van der Waals surface area contributed by atoms with E-state index in [4.69, 9.17) is 14.2 Å². The van der Waals surface area contributed by atoms with Crippen molar-refractivity contribution in [3.05, 3.63) is 47.0 Å². The van der Waals surface area contributed by atoms with Crippen LogP contribution in [0.15, 0.2) is 30.3 Å². The molecule has 1 N–H and O–H groups in total. The summed E-state index contributed by atoms with van der Waals surface area (Å²) in [7, 11) is 3.08. The van der Waals surface area contributed by atoms with E-state index in [-0.39, 0.29) is 18.4 Å². The highest BCUT2D eigenvalue weighted by molar-refractivity contribution is 6.00. The molecule has 7 heteroatoms. The summed E-state index contributed by atoms with van der Waals surface area (Å²) < 4.78 is 16.4. The van der Waals surface area contributed by atoms with Gasteiger partial charge in [-0.1, -0.05) is 12.1 Å². The van der Waals surface area contributed by atoms with Crippen LogP contribution in [0.25, 0.3) is 0 Å². The Hall–Kier alpha value is -3.22. The Balaban J connectivity index is 1.72. The van der Waals surface area contributed by atoms with E-state index in [2.05, 4.69) is 5.32 Å². The van der Waals surface area contributed by atoms with E-state index in [1.807, 2.05) is 32.0 Å². The summed E-state index contributed by atoms with van der Waals surface area (Å²) in [6.45, 7) is 4.68. The van der Waals surface area contributed by atoms with E-state index < -0.39 is 0 Å². The molecular weight excluding hydrogens is 360 g/mol. The number of likely N-dealkylation sites (N-methyl/N-ethyl adjacent to an activating group) is 1. The van der Waals surface area contributed by atoms with Crippen molar-refractivity contribution in [3.8, 4) is 17.2 Å². The van der Waals surface area contributed by atoms with Gasteiger partial charge in [0, 0.05) is 18.3 Å². The average molecular weight is 384 g/mol. The number of methoxy groups -OCH3 is 1. The van der Waals surface area contributed by atoms with Gasteiger partial charge in [-0.3, -0.25) is 9.59 Å². The Morgan fingerprint density at radius 2 is 1.93 bits per heavy atom. The van der Waals surface area contributed by atoms with Gasteiger partial charge < -0.3 is 24.4 Å². The van der Waals surface area contributed by atoms with E-state index >= 15 is 0 Å². The Morgan fingerprint density at radius 3 is 2.68 bits per heavy atom. The van der Waals surface area contributed by atoms with Crippen molar-refractivity contribution in [1.82, 2.24) is 4.90 Å². The monoisotopic (exact) mass is 384 g/mol. The number of fused-ring (bicyclic) bond motifs is 1. The molecule has 0 spiro atoms. The van der Waals surface area contributed by atoms with Crippen molar-refractivity contribution >= 4 is 17.5 Å². The maximum absolute atomic E-state index is 12.8. The second-order valence-electron chi connectivity index (χ2n) is 6.66. The second kappa shape index (κ2) is 8.21. The van der Waals surface area contributed by atoms with Crippen molar-refractivity contribution in [2.45, 2.75) is 13.8 Å². The van der Waals surface area contributed by atoms with Gasteiger partial charge in [0.2, 0.25) is 11.7 Å². The molecule has 2 aromatic carbocycles. The number of carbonyl (C=O) groups excluding carboxylic acids is 2. The summed E-state index contributed by atoms with van der Waals surface area (Å²) in [6, 6.07) is 8.91. The van der Waals surface area contributed by atoms with E-state index in [1.54, 1.807) is 19.2 Å². The van der Waals surface area contributed by atoms with E-state index in [1.165, 1.54) is 12.0 Å². The minimum absolute atomic E-state index is 0.0804. The quantitative estimate of drug-likeness (QED) is 0.858. The normalized spacial score (nSPS) is 12.3. The number of amides is 2. The molecule has 0 atom stereocenters. The smallest absolute Gasteiger partial charge is 0.254 e. The Bertz CT molecular complexity index is 893. The van der Waals surface area contributed by atoms with Crippen molar-refractivity contribution in [2.24, 2.45) is 0 Å². The average Bonchev–Trinajstić information content (AvgIpc) is 2.69. The lowest BCUT2D eigenvalue weighted by atomic mass is 10.1. The molecule has 0 saturated heterocycles. The third-order valence-electron chi connectivity index (χ3n) is 4.68. The molecule has 1 aliphatic rings. The molecule has 3 rings (SSSR count). The minimum atomic E-state index is -0.314. The first-order valence-corrected chi connectivity index (χ1v) is 9.00. The van der Waals surface area contributed by atoms with Crippen molar-refractivity contribution < 1.29 is 23.8 Å². The van der Waals surface area contributed by atoms with Crippen LogP contribution in [-0.2, 0) is 4.79 Å². The number of benzene rings is 2. The summed E-state index contributed by atoms with van der Waals surface area (Å²) in [4.78, 5) is 26.6. The van der Waals surface area contributed by atoms with Gasteiger partial charge in [-0.15, -0.1) is 0 Å². The van der Waals surface area contributed by atoms with Crippen LogP contribution in [0.2, 0.25) is 0 Å². The number of carbonyl (C=O) groups is 2. The summed E-state index contributed by atoms with van der Waals surface area (Å²) >= 11 is 0. The molecule has 2 aromatic rings. The third-order valence-corrected chi connectivity index (χ3v) is 4.68. The number of nitrogens with zero attached hydrogens (tertiary/aromatic N) is 1. The lowest BCUT2D eigenvalue weighted by molar-refractivity contribution is -0.116. The van der Waals surface area contributed by atoms with Gasteiger partial charge in [-0.05, 0) is 43.2 Å². The number of hydrogen-bond donors (Lipinski definition) is 1. The van der Waals surface area contributed by atoms with Gasteiger partial charge in [-0.2, -0.15) is 0 Å². The summed E-state index contributed by atoms with van der Waals surface area (Å²) in [6.07, 6.45) is 0. The molecule has 0 fully saturated rings. The maximum atomic E-state index is 12.8. The summed E-state index contributed by atoms with van der Waals surface area (Å²) in [5.41, 5.74) is 3.20. The molecule has 0 radical (unpaired) electrons. The first-order valence-electron chi connectivity index (χ1n) is 9.00. The maximum Gasteiger partial charge on any atom is 0.254 e. The van der Waals surface area contributed by atoms with Gasteiger partial charge >= 0.3 is 0 Å². The highest BCUT2D eigenvalue weighted by atomic mass is 16.6. The van der Waals surface area contributed by atoms with Crippen LogP contribution in [0.3, 0.4) is 0 Å². The van der Waals surface area contributed by atoms with Crippen LogP contribution in [0, 0.1) is 13.8 Å². The van der Waals surface area contributed by atoms with Gasteiger partial charge in [0.1, 0.15) is 13.2 Å². The van der Waals surface area contributed by atoms with Gasteiger partial charge in [-0.25, -0.2) is 0 Å². The second-order valence-corrected chi connectivity index (χ2v) is 6.66. The highest BCUT2D eigenvalue weighted by Gasteiger charge is 2.23. The fraction of sp³-hybridized carbons (Fsp3) is 0.333.